The Hall–Kier alpha value is -0.630. The summed E-state index contributed by atoms with van der Waals surface area (Å²) < 4.78 is 33.3. The molecule has 1 aromatic carbocycles. The van der Waals surface area contributed by atoms with Crippen molar-refractivity contribution in [2.75, 3.05) is 18.9 Å². The van der Waals surface area contributed by atoms with Crippen LogP contribution in [0, 0.1) is 5.92 Å². The zero-order chi connectivity index (χ0) is 15.3. The Bertz CT molecular complexity index is 547. The lowest BCUT2D eigenvalue weighted by Crippen LogP contribution is -2.41. The Kier molecular flexibility index (Phi) is 6.44. The molecular weight excluding hydrogens is 344 g/mol. The van der Waals surface area contributed by atoms with Gasteiger partial charge in [0, 0.05) is 22.8 Å². The van der Waals surface area contributed by atoms with Crippen LogP contribution in [0.2, 0.25) is 0 Å². The normalized spacial score (nSPS) is 13.7. The molecule has 1 aromatic rings. The number of rotatable bonds is 7. The Balaban J connectivity index is 2.94. The van der Waals surface area contributed by atoms with E-state index < -0.39 is 10.0 Å². The molecule has 0 fully saturated rings. The average Bonchev–Trinajstić information content (AvgIpc) is 2.37. The highest BCUT2D eigenvalue weighted by atomic mass is 79.9. The maximum Gasteiger partial charge on any atom is 0.240 e. The van der Waals surface area contributed by atoms with Crippen LogP contribution in [0.25, 0.3) is 0 Å². The lowest BCUT2D eigenvalue weighted by molar-refractivity contribution is 0.116. The summed E-state index contributed by atoms with van der Waals surface area (Å²) in [5.74, 6) is 0.129. The molecule has 114 valence electrons. The van der Waals surface area contributed by atoms with Crippen LogP contribution in [-0.2, 0) is 14.8 Å². The summed E-state index contributed by atoms with van der Waals surface area (Å²) in [5, 5.41) is 0. The van der Waals surface area contributed by atoms with E-state index in [-0.39, 0.29) is 16.9 Å². The van der Waals surface area contributed by atoms with Gasteiger partial charge in [0.25, 0.3) is 0 Å². The molecular formula is C13H21BrN2O3S. The number of hydrogen-bond acceptors (Lipinski definition) is 4. The van der Waals surface area contributed by atoms with E-state index >= 15 is 0 Å². The number of halogens is 1. The number of benzene rings is 1. The first kappa shape index (κ1) is 17.4. The van der Waals surface area contributed by atoms with Gasteiger partial charge in [0.05, 0.1) is 11.5 Å². The summed E-state index contributed by atoms with van der Waals surface area (Å²) >= 11 is 3.24. The largest absolute Gasteiger partial charge is 0.398 e. The van der Waals surface area contributed by atoms with Gasteiger partial charge in [0.15, 0.2) is 0 Å². The van der Waals surface area contributed by atoms with Crippen molar-refractivity contribution in [3.63, 3.8) is 0 Å². The average molecular weight is 365 g/mol. The third kappa shape index (κ3) is 4.73. The van der Waals surface area contributed by atoms with E-state index in [1.807, 2.05) is 20.8 Å². The van der Waals surface area contributed by atoms with Gasteiger partial charge in [-0.1, -0.05) is 13.8 Å². The number of nitrogens with two attached hydrogens (primary N) is 1. The Morgan fingerprint density at radius 1 is 1.40 bits per heavy atom. The number of nitrogens with one attached hydrogen (secondary N) is 1. The molecule has 7 heteroatoms. The van der Waals surface area contributed by atoms with E-state index in [9.17, 15) is 8.42 Å². The Labute approximate surface area is 129 Å². The van der Waals surface area contributed by atoms with Crippen LogP contribution in [-0.4, -0.2) is 27.7 Å². The van der Waals surface area contributed by atoms with E-state index in [1.54, 1.807) is 6.07 Å². The SMILES string of the molecule is CCOCC(NS(=O)(=O)c1ccc(Br)c(N)c1)C(C)C. The first-order valence-electron chi connectivity index (χ1n) is 6.43. The highest BCUT2D eigenvalue weighted by Crippen LogP contribution is 2.23. The molecule has 0 radical (unpaired) electrons. The first-order valence-corrected chi connectivity index (χ1v) is 8.70. The number of anilines is 1. The van der Waals surface area contributed by atoms with Crippen molar-refractivity contribution in [1.82, 2.24) is 4.72 Å². The molecule has 0 saturated heterocycles. The minimum atomic E-state index is -3.61. The third-order valence-corrected chi connectivity index (χ3v) is 5.10. The van der Waals surface area contributed by atoms with Crippen LogP contribution in [0.15, 0.2) is 27.6 Å². The molecule has 0 bridgehead atoms. The van der Waals surface area contributed by atoms with Gasteiger partial charge in [-0.15, -0.1) is 0 Å². The highest BCUT2D eigenvalue weighted by molar-refractivity contribution is 9.10. The summed E-state index contributed by atoms with van der Waals surface area (Å²) in [7, 11) is -3.61. The molecule has 0 saturated carbocycles. The van der Waals surface area contributed by atoms with Crippen molar-refractivity contribution < 1.29 is 13.2 Å². The molecule has 0 aliphatic rings. The molecule has 3 N–H and O–H groups in total. The summed E-state index contributed by atoms with van der Waals surface area (Å²) in [4.78, 5) is 0.153. The second-order valence-corrected chi connectivity index (χ2v) is 7.38. The van der Waals surface area contributed by atoms with Gasteiger partial charge in [-0.25, -0.2) is 13.1 Å². The van der Waals surface area contributed by atoms with Crippen molar-refractivity contribution in [3.05, 3.63) is 22.7 Å². The van der Waals surface area contributed by atoms with Crippen molar-refractivity contribution in [1.29, 1.82) is 0 Å². The van der Waals surface area contributed by atoms with Gasteiger partial charge < -0.3 is 10.5 Å². The lowest BCUT2D eigenvalue weighted by Gasteiger charge is -2.22. The van der Waals surface area contributed by atoms with Gasteiger partial charge in [-0.2, -0.15) is 0 Å². The molecule has 0 aromatic heterocycles. The number of sulfonamides is 1. The lowest BCUT2D eigenvalue weighted by atomic mass is 10.1. The van der Waals surface area contributed by atoms with Crippen LogP contribution in [0.3, 0.4) is 0 Å². The monoisotopic (exact) mass is 364 g/mol. The number of ether oxygens (including phenoxy) is 1. The minimum absolute atomic E-state index is 0.129. The smallest absolute Gasteiger partial charge is 0.240 e. The summed E-state index contributed by atoms with van der Waals surface area (Å²) in [5.41, 5.74) is 6.11. The van der Waals surface area contributed by atoms with Crippen molar-refractivity contribution >= 4 is 31.6 Å². The van der Waals surface area contributed by atoms with E-state index in [1.165, 1.54) is 12.1 Å². The fourth-order valence-electron chi connectivity index (χ4n) is 1.56. The van der Waals surface area contributed by atoms with Crippen LogP contribution in [0.1, 0.15) is 20.8 Å². The van der Waals surface area contributed by atoms with E-state index in [2.05, 4.69) is 20.7 Å². The maximum atomic E-state index is 12.3. The van der Waals surface area contributed by atoms with E-state index in [4.69, 9.17) is 10.5 Å². The van der Waals surface area contributed by atoms with Crippen LogP contribution < -0.4 is 10.5 Å². The van der Waals surface area contributed by atoms with Crippen molar-refractivity contribution in [2.45, 2.75) is 31.7 Å². The maximum absolute atomic E-state index is 12.3. The Morgan fingerprint density at radius 3 is 2.55 bits per heavy atom. The van der Waals surface area contributed by atoms with Gasteiger partial charge in [-0.05, 0) is 47.0 Å². The molecule has 1 atom stereocenters. The second-order valence-electron chi connectivity index (χ2n) is 4.81. The fraction of sp³-hybridized carbons (Fsp3) is 0.538. The van der Waals surface area contributed by atoms with Gasteiger partial charge in [-0.3, -0.25) is 0 Å². The molecule has 20 heavy (non-hydrogen) atoms. The molecule has 0 spiro atoms. The molecule has 1 rings (SSSR count). The van der Waals surface area contributed by atoms with Crippen LogP contribution >= 0.6 is 15.9 Å². The third-order valence-electron chi connectivity index (χ3n) is 2.89. The summed E-state index contributed by atoms with van der Waals surface area (Å²) in [6.07, 6.45) is 0. The Morgan fingerprint density at radius 2 is 2.05 bits per heavy atom. The molecule has 0 amide bonds. The highest BCUT2D eigenvalue weighted by Gasteiger charge is 2.23. The first-order chi connectivity index (χ1) is 9.27. The fourth-order valence-corrected chi connectivity index (χ4v) is 3.21. The number of nitrogen functional groups attached to an aromatic ring is 1. The van der Waals surface area contributed by atoms with Gasteiger partial charge >= 0.3 is 0 Å². The number of hydrogen-bond donors (Lipinski definition) is 2. The summed E-state index contributed by atoms with van der Waals surface area (Å²) in [6.45, 7) is 6.67. The zero-order valence-corrected chi connectivity index (χ0v) is 14.3. The second kappa shape index (κ2) is 7.40. The molecule has 0 heterocycles. The quantitative estimate of drug-likeness (QED) is 0.727. The molecule has 0 aliphatic heterocycles. The van der Waals surface area contributed by atoms with Gasteiger partial charge in [0.1, 0.15) is 0 Å². The summed E-state index contributed by atoms with van der Waals surface area (Å²) in [6, 6.07) is 4.30. The molecule has 1 unspecified atom stereocenters. The van der Waals surface area contributed by atoms with Crippen molar-refractivity contribution in [2.24, 2.45) is 5.92 Å². The van der Waals surface area contributed by atoms with Crippen LogP contribution in [0.4, 0.5) is 5.69 Å². The predicted molar refractivity (Wildman–Crippen MR) is 84.0 cm³/mol. The standard InChI is InChI=1S/C13H21BrN2O3S/c1-4-19-8-13(9(2)3)16-20(17,18)10-5-6-11(14)12(15)7-10/h5-7,9,13,16H,4,8,15H2,1-3H3. The molecule has 0 aliphatic carbocycles. The van der Waals surface area contributed by atoms with E-state index in [0.717, 1.165) is 0 Å². The topological polar surface area (TPSA) is 81.4 Å². The van der Waals surface area contributed by atoms with E-state index in [0.29, 0.717) is 23.4 Å². The van der Waals surface area contributed by atoms with Gasteiger partial charge in [0.2, 0.25) is 10.0 Å². The predicted octanol–water partition coefficient (Wildman–Crippen LogP) is 2.37. The zero-order valence-electron chi connectivity index (χ0n) is 11.9. The van der Waals surface area contributed by atoms with Crippen LogP contribution in [0.5, 0.6) is 0 Å². The molecule has 5 nitrogen and oxygen atoms in total. The minimum Gasteiger partial charge on any atom is -0.398 e. The van der Waals surface area contributed by atoms with Crippen molar-refractivity contribution in [3.8, 4) is 0 Å².